The van der Waals surface area contributed by atoms with Gasteiger partial charge in [0.05, 0.1) is 31.9 Å². The number of H-pyrrole nitrogens is 1. The monoisotopic (exact) mass is 449 g/mol. The lowest BCUT2D eigenvalue weighted by Crippen LogP contribution is -2.15. The van der Waals surface area contributed by atoms with E-state index in [1.54, 1.807) is 26.4 Å². The van der Waals surface area contributed by atoms with E-state index in [-0.39, 0.29) is 18.3 Å². The van der Waals surface area contributed by atoms with E-state index in [4.69, 9.17) is 9.47 Å². The van der Waals surface area contributed by atoms with Crippen LogP contribution in [0.1, 0.15) is 18.2 Å². The molecule has 0 aliphatic heterocycles. The van der Waals surface area contributed by atoms with Crippen molar-refractivity contribution in [1.29, 1.82) is 0 Å². The Morgan fingerprint density at radius 2 is 1.91 bits per heavy atom. The largest absolute Gasteiger partial charge is 0.497 e. The zero-order chi connectivity index (χ0) is 22.5. The minimum Gasteiger partial charge on any atom is -0.497 e. The Balaban J connectivity index is 1.41. The molecule has 0 fully saturated rings. The van der Waals surface area contributed by atoms with E-state index in [9.17, 15) is 4.79 Å². The van der Waals surface area contributed by atoms with E-state index in [2.05, 4.69) is 56.7 Å². The molecule has 32 heavy (non-hydrogen) atoms. The molecule has 8 nitrogen and oxygen atoms in total. The van der Waals surface area contributed by atoms with Crippen molar-refractivity contribution in [3.8, 4) is 33.5 Å². The molecule has 164 valence electrons. The Morgan fingerprint density at radius 3 is 2.62 bits per heavy atom. The molecule has 2 heterocycles. The molecule has 1 amide bonds. The SMILES string of the molecule is CCc1ccc(-c2nc(CC(=O)Nc3n[nH]c(-c4ccc(OC)cc4OC)n3)cs2)cc1. The van der Waals surface area contributed by atoms with E-state index in [0.717, 1.165) is 17.0 Å². The molecular weight excluding hydrogens is 426 g/mol. The molecule has 0 aliphatic rings. The summed E-state index contributed by atoms with van der Waals surface area (Å²) in [5.74, 6) is 1.68. The zero-order valence-electron chi connectivity index (χ0n) is 18.0. The van der Waals surface area contributed by atoms with Gasteiger partial charge < -0.3 is 9.47 Å². The summed E-state index contributed by atoms with van der Waals surface area (Å²) in [5, 5.41) is 12.4. The standard InChI is InChI=1S/C23H23N5O3S/c1-4-14-5-7-15(8-6-14)22-24-16(13-32-22)11-20(29)25-23-26-21(27-28-23)18-10-9-17(30-2)12-19(18)31-3/h5-10,12-13H,4,11H2,1-3H3,(H2,25,26,27,28,29). The highest BCUT2D eigenvalue weighted by Gasteiger charge is 2.15. The Kier molecular flexibility index (Phi) is 6.46. The van der Waals surface area contributed by atoms with E-state index >= 15 is 0 Å². The molecule has 2 N–H and O–H groups in total. The third kappa shape index (κ3) is 4.78. The maximum absolute atomic E-state index is 12.5. The van der Waals surface area contributed by atoms with Gasteiger partial charge in [-0.2, -0.15) is 4.98 Å². The molecule has 4 rings (SSSR count). The van der Waals surface area contributed by atoms with Crippen LogP contribution in [0.15, 0.2) is 47.8 Å². The highest BCUT2D eigenvalue weighted by atomic mass is 32.1. The Morgan fingerprint density at radius 1 is 1.09 bits per heavy atom. The maximum atomic E-state index is 12.5. The summed E-state index contributed by atoms with van der Waals surface area (Å²) in [5.41, 5.74) is 3.74. The molecule has 0 spiro atoms. The molecule has 0 saturated carbocycles. The van der Waals surface area contributed by atoms with Crippen LogP contribution in [0.3, 0.4) is 0 Å². The molecule has 0 atom stereocenters. The van der Waals surface area contributed by atoms with Crippen molar-refractivity contribution in [2.45, 2.75) is 19.8 Å². The molecule has 0 saturated heterocycles. The van der Waals surface area contributed by atoms with Crippen molar-refractivity contribution < 1.29 is 14.3 Å². The second kappa shape index (κ2) is 9.61. The van der Waals surface area contributed by atoms with Gasteiger partial charge in [0.15, 0.2) is 5.82 Å². The highest BCUT2D eigenvalue weighted by Crippen LogP contribution is 2.31. The smallest absolute Gasteiger partial charge is 0.249 e. The van der Waals surface area contributed by atoms with Gasteiger partial charge in [-0.05, 0) is 24.1 Å². The van der Waals surface area contributed by atoms with Gasteiger partial charge in [0.25, 0.3) is 0 Å². The topological polar surface area (TPSA) is 102 Å². The number of carbonyl (C=O) groups is 1. The van der Waals surface area contributed by atoms with Gasteiger partial charge in [-0.25, -0.2) is 4.98 Å². The zero-order valence-corrected chi connectivity index (χ0v) is 18.8. The van der Waals surface area contributed by atoms with Crippen molar-refractivity contribution >= 4 is 23.2 Å². The van der Waals surface area contributed by atoms with Crippen LogP contribution in [0.2, 0.25) is 0 Å². The average Bonchev–Trinajstić information content (AvgIpc) is 3.48. The number of nitrogens with zero attached hydrogens (tertiary/aromatic N) is 3. The summed E-state index contributed by atoms with van der Waals surface area (Å²) in [6.07, 6.45) is 1.14. The average molecular weight is 450 g/mol. The number of amides is 1. The molecule has 9 heteroatoms. The quantitative estimate of drug-likeness (QED) is 0.414. The van der Waals surface area contributed by atoms with E-state index in [1.807, 2.05) is 11.4 Å². The number of aromatic amines is 1. The van der Waals surface area contributed by atoms with Crippen LogP contribution in [-0.4, -0.2) is 40.3 Å². The van der Waals surface area contributed by atoms with Crippen LogP contribution in [0.4, 0.5) is 5.95 Å². The molecule has 2 aromatic heterocycles. The molecule has 0 unspecified atom stereocenters. The van der Waals surface area contributed by atoms with Gasteiger partial charge in [0.1, 0.15) is 16.5 Å². The van der Waals surface area contributed by atoms with Crippen molar-refractivity contribution in [2.24, 2.45) is 0 Å². The van der Waals surface area contributed by atoms with Crippen molar-refractivity contribution in [2.75, 3.05) is 19.5 Å². The number of aromatic nitrogens is 4. The van der Waals surface area contributed by atoms with Gasteiger partial charge >= 0.3 is 0 Å². The van der Waals surface area contributed by atoms with Gasteiger partial charge in [-0.15, -0.1) is 16.4 Å². The first-order chi connectivity index (χ1) is 15.6. The lowest BCUT2D eigenvalue weighted by Gasteiger charge is -2.07. The summed E-state index contributed by atoms with van der Waals surface area (Å²) in [4.78, 5) is 21.4. The predicted octanol–water partition coefficient (Wildman–Crippen LogP) is 4.36. The molecule has 2 aromatic carbocycles. The van der Waals surface area contributed by atoms with E-state index in [1.165, 1.54) is 16.9 Å². The number of ether oxygens (including phenoxy) is 2. The third-order valence-corrected chi connectivity index (χ3v) is 5.84. The second-order valence-electron chi connectivity index (χ2n) is 6.99. The Hall–Kier alpha value is -3.72. The number of carbonyl (C=O) groups excluding carboxylic acids is 1. The number of thiazole rings is 1. The van der Waals surface area contributed by atoms with Crippen LogP contribution in [0, 0.1) is 0 Å². The number of hydrogen-bond acceptors (Lipinski definition) is 7. The van der Waals surface area contributed by atoms with Gasteiger partial charge in [-0.1, -0.05) is 31.2 Å². The fraction of sp³-hybridized carbons (Fsp3) is 0.217. The maximum Gasteiger partial charge on any atom is 0.249 e. The molecule has 0 radical (unpaired) electrons. The van der Waals surface area contributed by atoms with Crippen LogP contribution >= 0.6 is 11.3 Å². The summed E-state index contributed by atoms with van der Waals surface area (Å²) in [6.45, 7) is 2.12. The van der Waals surface area contributed by atoms with Gasteiger partial charge in [0, 0.05) is 17.0 Å². The number of benzene rings is 2. The molecule has 0 bridgehead atoms. The Labute approximate surface area is 189 Å². The van der Waals surface area contributed by atoms with Gasteiger partial charge in [-0.3, -0.25) is 15.2 Å². The number of anilines is 1. The van der Waals surface area contributed by atoms with E-state index in [0.29, 0.717) is 28.6 Å². The normalized spacial score (nSPS) is 10.7. The number of hydrogen-bond donors (Lipinski definition) is 2. The number of nitrogens with one attached hydrogen (secondary N) is 2. The minimum atomic E-state index is -0.240. The first-order valence-electron chi connectivity index (χ1n) is 10.1. The van der Waals surface area contributed by atoms with Gasteiger partial charge in [0.2, 0.25) is 11.9 Å². The summed E-state index contributed by atoms with van der Waals surface area (Å²) in [6, 6.07) is 13.7. The minimum absolute atomic E-state index is 0.138. The van der Waals surface area contributed by atoms with Crippen molar-refractivity contribution in [1.82, 2.24) is 20.2 Å². The molecular formula is C23H23N5O3S. The van der Waals surface area contributed by atoms with E-state index < -0.39 is 0 Å². The molecule has 0 aliphatic carbocycles. The third-order valence-electron chi connectivity index (χ3n) is 4.90. The fourth-order valence-corrected chi connectivity index (χ4v) is 4.00. The second-order valence-corrected chi connectivity index (χ2v) is 7.85. The number of rotatable bonds is 8. The first kappa shape index (κ1) is 21.5. The summed E-state index contributed by atoms with van der Waals surface area (Å²) in [7, 11) is 3.15. The fourth-order valence-electron chi connectivity index (χ4n) is 3.17. The molecule has 4 aromatic rings. The van der Waals surface area contributed by atoms with Crippen LogP contribution in [0.25, 0.3) is 22.0 Å². The van der Waals surface area contributed by atoms with Crippen molar-refractivity contribution in [3.63, 3.8) is 0 Å². The van der Waals surface area contributed by atoms with Crippen LogP contribution < -0.4 is 14.8 Å². The van der Waals surface area contributed by atoms with Crippen molar-refractivity contribution in [3.05, 3.63) is 59.1 Å². The predicted molar refractivity (Wildman–Crippen MR) is 124 cm³/mol. The Bertz CT molecular complexity index is 1220. The first-order valence-corrected chi connectivity index (χ1v) is 11.0. The summed E-state index contributed by atoms with van der Waals surface area (Å²) >= 11 is 1.52. The summed E-state index contributed by atoms with van der Waals surface area (Å²) < 4.78 is 10.6. The lowest BCUT2D eigenvalue weighted by atomic mass is 10.1. The lowest BCUT2D eigenvalue weighted by molar-refractivity contribution is -0.115. The number of methoxy groups -OCH3 is 2. The van der Waals surface area contributed by atoms with Crippen LogP contribution in [0.5, 0.6) is 11.5 Å². The van der Waals surface area contributed by atoms with Crippen LogP contribution in [-0.2, 0) is 17.6 Å². The highest BCUT2D eigenvalue weighted by molar-refractivity contribution is 7.13. The number of aryl methyl sites for hydroxylation is 1.